The van der Waals surface area contributed by atoms with Crippen molar-refractivity contribution in [2.45, 2.75) is 20.3 Å². The van der Waals surface area contributed by atoms with Crippen LogP contribution in [-0.4, -0.2) is 29.9 Å². The lowest BCUT2D eigenvalue weighted by molar-refractivity contribution is -0.384. The van der Waals surface area contributed by atoms with E-state index >= 15 is 0 Å². The summed E-state index contributed by atoms with van der Waals surface area (Å²) in [6.07, 6.45) is 0.286. The van der Waals surface area contributed by atoms with Crippen LogP contribution < -0.4 is 4.74 Å². The molecule has 0 radical (unpaired) electrons. The van der Waals surface area contributed by atoms with Crippen molar-refractivity contribution < 1.29 is 24.0 Å². The Hall–Kier alpha value is -2.44. The molecule has 2 rings (SSSR count). The highest BCUT2D eigenvalue weighted by molar-refractivity contribution is 6.00. The fraction of sp³-hybridized carbons (Fsp3) is 0.385. The number of ketones is 1. The number of carbonyl (C=O) groups excluding carboxylic acids is 2. The van der Waals surface area contributed by atoms with Gasteiger partial charge in [0.05, 0.1) is 23.7 Å². The smallest absolute Gasteiger partial charge is 0.302 e. The summed E-state index contributed by atoms with van der Waals surface area (Å²) < 4.78 is 9.59. The maximum Gasteiger partial charge on any atom is 0.302 e. The van der Waals surface area contributed by atoms with Crippen LogP contribution in [0.4, 0.5) is 5.69 Å². The number of hydrogen-bond acceptors (Lipinski definition) is 6. The van der Waals surface area contributed by atoms with Crippen LogP contribution in [0.1, 0.15) is 30.6 Å². The molecule has 0 bridgehead atoms. The number of nitro benzene ring substituents is 1. The molecule has 0 aromatic heterocycles. The van der Waals surface area contributed by atoms with Crippen molar-refractivity contribution in [3.8, 4) is 5.75 Å². The van der Waals surface area contributed by atoms with Crippen molar-refractivity contribution >= 4 is 17.4 Å². The molecule has 0 saturated heterocycles. The Bertz CT molecular complexity index is 526. The van der Waals surface area contributed by atoms with Gasteiger partial charge >= 0.3 is 5.97 Å². The summed E-state index contributed by atoms with van der Waals surface area (Å²) >= 11 is 0. The number of fused-ring (bicyclic) bond motifs is 1. The Morgan fingerprint density at radius 1 is 1.50 bits per heavy atom. The summed E-state index contributed by atoms with van der Waals surface area (Å²) in [5.41, 5.74) is 0.230. The predicted molar refractivity (Wildman–Crippen MR) is 69.8 cm³/mol. The van der Waals surface area contributed by atoms with Crippen molar-refractivity contribution in [1.82, 2.24) is 0 Å². The number of esters is 1. The summed E-state index contributed by atoms with van der Waals surface area (Å²) in [4.78, 5) is 31.1. The van der Waals surface area contributed by atoms with E-state index in [1.54, 1.807) is 6.92 Å². The Balaban J connectivity index is 0.000000286. The maximum absolute atomic E-state index is 11.4. The molecule has 1 aromatic rings. The molecule has 7 nitrogen and oxygen atoms in total. The number of ether oxygens (including phenoxy) is 2. The summed E-state index contributed by atoms with van der Waals surface area (Å²) in [6, 6.07) is 4.05. The van der Waals surface area contributed by atoms with Crippen LogP contribution in [-0.2, 0) is 9.53 Å². The Morgan fingerprint density at radius 3 is 2.70 bits per heavy atom. The molecular weight excluding hydrogens is 266 g/mol. The lowest BCUT2D eigenvalue weighted by atomic mass is 10.0. The van der Waals surface area contributed by atoms with E-state index in [1.807, 2.05) is 0 Å². The van der Waals surface area contributed by atoms with Crippen LogP contribution in [0.25, 0.3) is 0 Å². The number of carbonyl (C=O) groups is 2. The Labute approximate surface area is 115 Å². The van der Waals surface area contributed by atoms with Gasteiger partial charge in [0, 0.05) is 25.5 Å². The van der Waals surface area contributed by atoms with Crippen molar-refractivity contribution in [3.63, 3.8) is 0 Å². The number of rotatable bonds is 2. The molecule has 7 heteroatoms. The normalized spacial score (nSPS) is 12.4. The van der Waals surface area contributed by atoms with Crippen LogP contribution in [0.2, 0.25) is 0 Å². The second-order valence-electron chi connectivity index (χ2n) is 3.88. The van der Waals surface area contributed by atoms with Gasteiger partial charge in [-0.15, -0.1) is 0 Å². The minimum atomic E-state index is -0.526. The SMILES string of the molecule is CCOC(C)=O.O=C1CCOc2ccc([N+](=O)[O-])cc21. The Morgan fingerprint density at radius 2 is 2.20 bits per heavy atom. The van der Waals surface area contributed by atoms with Crippen LogP contribution >= 0.6 is 0 Å². The lowest BCUT2D eigenvalue weighted by Crippen LogP contribution is -2.15. The largest absolute Gasteiger partial charge is 0.492 e. The van der Waals surface area contributed by atoms with E-state index in [0.717, 1.165) is 0 Å². The summed E-state index contributed by atoms with van der Waals surface area (Å²) in [5.74, 6) is 0.124. The van der Waals surface area contributed by atoms with Crippen LogP contribution in [0, 0.1) is 10.1 Å². The fourth-order valence-electron chi connectivity index (χ4n) is 1.57. The molecule has 0 N–H and O–H groups in total. The molecule has 0 saturated carbocycles. The van der Waals surface area contributed by atoms with E-state index in [9.17, 15) is 19.7 Å². The molecule has 0 atom stereocenters. The van der Waals surface area contributed by atoms with Crippen molar-refractivity contribution in [2.75, 3.05) is 13.2 Å². The van der Waals surface area contributed by atoms with Crippen molar-refractivity contribution in [2.24, 2.45) is 0 Å². The molecule has 1 aromatic carbocycles. The van der Waals surface area contributed by atoms with E-state index in [1.165, 1.54) is 25.1 Å². The molecule has 20 heavy (non-hydrogen) atoms. The third-order valence-corrected chi connectivity index (χ3v) is 2.41. The Kier molecular flexibility index (Phi) is 5.64. The van der Waals surface area contributed by atoms with Gasteiger partial charge < -0.3 is 9.47 Å². The molecular formula is C13H15NO6. The van der Waals surface area contributed by atoms with Gasteiger partial charge in [0.25, 0.3) is 5.69 Å². The summed E-state index contributed by atoms with van der Waals surface area (Å²) in [7, 11) is 0. The first-order valence-electron chi connectivity index (χ1n) is 6.03. The molecule has 1 aliphatic rings. The number of Topliss-reactive ketones (excluding diaryl/α,β-unsaturated/α-hetero) is 1. The van der Waals surface area contributed by atoms with E-state index in [2.05, 4.69) is 4.74 Å². The van der Waals surface area contributed by atoms with Gasteiger partial charge in [-0.2, -0.15) is 0 Å². The zero-order chi connectivity index (χ0) is 15.1. The zero-order valence-corrected chi connectivity index (χ0v) is 11.3. The molecule has 108 valence electrons. The quantitative estimate of drug-likeness (QED) is 0.468. The summed E-state index contributed by atoms with van der Waals surface area (Å²) in [5, 5.41) is 10.4. The number of nitro groups is 1. The summed E-state index contributed by atoms with van der Waals surface area (Å²) in [6.45, 7) is 4.00. The van der Waals surface area contributed by atoms with Gasteiger partial charge in [-0.3, -0.25) is 19.7 Å². The highest BCUT2D eigenvalue weighted by Gasteiger charge is 2.21. The minimum Gasteiger partial charge on any atom is -0.492 e. The van der Waals surface area contributed by atoms with Crippen LogP contribution in [0.5, 0.6) is 5.75 Å². The van der Waals surface area contributed by atoms with E-state index in [0.29, 0.717) is 24.5 Å². The van der Waals surface area contributed by atoms with E-state index in [4.69, 9.17) is 4.74 Å². The standard InChI is InChI=1S/C9H7NO4.C4H8O2/c11-8-3-4-14-9-2-1-6(10(12)13)5-7(8)9;1-3-6-4(2)5/h1-2,5H,3-4H2;3H2,1-2H3. The van der Waals surface area contributed by atoms with Crippen LogP contribution in [0.3, 0.4) is 0 Å². The number of hydrogen-bond donors (Lipinski definition) is 0. The monoisotopic (exact) mass is 281 g/mol. The predicted octanol–water partition coefficient (Wildman–Crippen LogP) is 2.13. The highest BCUT2D eigenvalue weighted by Crippen LogP contribution is 2.28. The van der Waals surface area contributed by atoms with Crippen molar-refractivity contribution in [3.05, 3.63) is 33.9 Å². The second-order valence-corrected chi connectivity index (χ2v) is 3.88. The van der Waals surface area contributed by atoms with Gasteiger partial charge in [0.1, 0.15) is 5.75 Å². The lowest BCUT2D eigenvalue weighted by Gasteiger charge is -2.15. The first kappa shape index (κ1) is 15.6. The first-order valence-corrected chi connectivity index (χ1v) is 6.03. The fourth-order valence-corrected chi connectivity index (χ4v) is 1.57. The molecule has 0 spiro atoms. The van der Waals surface area contributed by atoms with E-state index < -0.39 is 4.92 Å². The maximum atomic E-state index is 11.4. The zero-order valence-electron chi connectivity index (χ0n) is 11.3. The molecule has 0 aliphatic carbocycles. The highest BCUT2D eigenvalue weighted by atomic mass is 16.6. The number of non-ortho nitro benzene ring substituents is 1. The van der Waals surface area contributed by atoms with Crippen molar-refractivity contribution in [1.29, 1.82) is 0 Å². The molecule has 1 heterocycles. The van der Waals surface area contributed by atoms with E-state index in [-0.39, 0.29) is 23.9 Å². The third kappa shape index (κ3) is 4.34. The average molecular weight is 281 g/mol. The van der Waals surface area contributed by atoms with Gasteiger partial charge in [0.2, 0.25) is 0 Å². The number of benzene rings is 1. The number of nitrogens with zero attached hydrogens (tertiary/aromatic N) is 1. The molecule has 0 amide bonds. The third-order valence-electron chi connectivity index (χ3n) is 2.41. The topological polar surface area (TPSA) is 95.7 Å². The molecule has 0 unspecified atom stereocenters. The first-order chi connectivity index (χ1) is 9.45. The molecule has 1 aliphatic heterocycles. The van der Waals surface area contributed by atoms with Gasteiger partial charge in [-0.1, -0.05) is 0 Å². The van der Waals surface area contributed by atoms with Gasteiger partial charge in [0.15, 0.2) is 5.78 Å². The van der Waals surface area contributed by atoms with Gasteiger partial charge in [-0.05, 0) is 13.0 Å². The molecule has 0 fully saturated rings. The average Bonchev–Trinajstić information content (AvgIpc) is 2.39. The second kappa shape index (κ2) is 7.22. The minimum absolute atomic E-state index is 0.0809. The van der Waals surface area contributed by atoms with Crippen LogP contribution in [0.15, 0.2) is 18.2 Å². The van der Waals surface area contributed by atoms with Gasteiger partial charge in [-0.25, -0.2) is 0 Å².